The van der Waals surface area contributed by atoms with Crippen molar-refractivity contribution in [2.45, 2.75) is 31.8 Å². The molecule has 0 spiro atoms. The molecule has 0 radical (unpaired) electrons. The van der Waals surface area contributed by atoms with Gasteiger partial charge in [0.05, 0.1) is 6.54 Å². The number of furan rings is 1. The molecule has 3 N–H and O–H groups in total. The van der Waals surface area contributed by atoms with Crippen molar-refractivity contribution in [3.8, 4) is 0 Å². The summed E-state index contributed by atoms with van der Waals surface area (Å²) in [6.45, 7) is 1.93. The quantitative estimate of drug-likeness (QED) is 0.534. The molecule has 8 heteroatoms. The highest BCUT2D eigenvalue weighted by molar-refractivity contribution is 6.39. The predicted molar refractivity (Wildman–Crippen MR) is 120 cm³/mol. The Morgan fingerprint density at radius 1 is 1.09 bits per heavy atom. The average Bonchev–Trinajstić information content (AvgIpc) is 3.23. The molecule has 1 atom stereocenters. The van der Waals surface area contributed by atoms with E-state index in [0.717, 1.165) is 18.2 Å². The molecule has 0 saturated carbocycles. The van der Waals surface area contributed by atoms with Crippen molar-refractivity contribution in [2.24, 2.45) is 0 Å². The van der Waals surface area contributed by atoms with Gasteiger partial charge < -0.3 is 25.1 Å². The molecule has 1 unspecified atom stereocenters. The zero-order chi connectivity index (χ0) is 22.7. The second kappa shape index (κ2) is 8.84. The fourth-order valence-corrected chi connectivity index (χ4v) is 3.69. The number of hydrogen-bond acceptors (Lipinski definition) is 5. The Labute approximate surface area is 185 Å². The smallest absolute Gasteiger partial charge is 0.313 e. The minimum absolute atomic E-state index is 0.0466. The number of benzene rings is 2. The molecule has 166 valence electrons. The predicted octanol–water partition coefficient (Wildman–Crippen LogP) is 2.91. The summed E-state index contributed by atoms with van der Waals surface area (Å²) >= 11 is 0. The summed E-state index contributed by atoms with van der Waals surface area (Å²) in [5.74, 6) is -1.42. The van der Waals surface area contributed by atoms with Crippen molar-refractivity contribution in [1.29, 1.82) is 0 Å². The summed E-state index contributed by atoms with van der Waals surface area (Å²) in [5.41, 5.74) is 0.216. The third-order valence-electron chi connectivity index (χ3n) is 5.49. The monoisotopic (exact) mass is 435 g/mol. The molecular formula is C24H25N3O5. The van der Waals surface area contributed by atoms with Crippen molar-refractivity contribution in [3.05, 3.63) is 60.4 Å². The summed E-state index contributed by atoms with van der Waals surface area (Å²) in [5, 5.41) is 16.6. The number of fused-ring (bicyclic) bond motifs is 1. The molecule has 1 aliphatic heterocycles. The Bertz CT molecular complexity index is 1130. The first-order valence-electron chi connectivity index (χ1n) is 10.5. The van der Waals surface area contributed by atoms with Gasteiger partial charge in [-0.15, -0.1) is 0 Å². The van der Waals surface area contributed by atoms with E-state index in [4.69, 9.17) is 4.42 Å². The molecule has 1 aromatic heterocycles. The molecule has 2 heterocycles. The molecule has 0 aliphatic carbocycles. The lowest BCUT2D eigenvalue weighted by molar-refractivity contribution is -0.136. The van der Waals surface area contributed by atoms with Crippen LogP contribution in [-0.2, 0) is 20.0 Å². The van der Waals surface area contributed by atoms with Gasteiger partial charge in [0.1, 0.15) is 16.9 Å². The molecule has 4 rings (SSSR count). The highest BCUT2D eigenvalue weighted by Crippen LogP contribution is 2.27. The Hall–Kier alpha value is -3.65. The van der Waals surface area contributed by atoms with Crippen LogP contribution in [-0.4, -0.2) is 35.9 Å². The Kier molecular flexibility index (Phi) is 5.96. The number of carbonyl (C=O) groups excluding carboxylic acids is 3. The molecule has 1 fully saturated rings. The van der Waals surface area contributed by atoms with Gasteiger partial charge in [-0.3, -0.25) is 14.4 Å². The van der Waals surface area contributed by atoms with Gasteiger partial charge in [-0.05, 0) is 50.1 Å². The standard InChI is InChI=1S/C24H25N3O5/c1-24(31,20-13-16-7-2-3-10-19(16)32-20)15-25-22(29)23(30)26-17-8-6-9-18(14-17)27-12-5-4-11-21(27)28/h2-3,6-10,13-14,31H,4-5,11-12,15H2,1H3,(H,25,29)(H,26,30). The number of para-hydroxylation sites is 1. The van der Waals surface area contributed by atoms with Crippen molar-refractivity contribution in [3.63, 3.8) is 0 Å². The van der Waals surface area contributed by atoms with Gasteiger partial charge in [0.25, 0.3) is 0 Å². The summed E-state index contributed by atoms with van der Waals surface area (Å²) in [7, 11) is 0. The number of nitrogens with zero attached hydrogens (tertiary/aromatic N) is 1. The maximum Gasteiger partial charge on any atom is 0.313 e. The molecule has 1 saturated heterocycles. The maximum absolute atomic E-state index is 12.3. The van der Waals surface area contributed by atoms with Gasteiger partial charge in [-0.2, -0.15) is 0 Å². The SMILES string of the molecule is CC(O)(CNC(=O)C(=O)Nc1cccc(N2CCCCC2=O)c1)c1cc2ccccc2o1. The average molecular weight is 435 g/mol. The van der Waals surface area contributed by atoms with E-state index in [2.05, 4.69) is 10.6 Å². The van der Waals surface area contributed by atoms with Crippen LogP contribution in [0.1, 0.15) is 31.9 Å². The largest absolute Gasteiger partial charge is 0.458 e. The van der Waals surface area contributed by atoms with Gasteiger partial charge in [-0.25, -0.2) is 0 Å². The fourth-order valence-electron chi connectivity index (χ4n) is 3.69. The minimum atomic E-state index is -1.50. The van der Waals surface area contributed by atoms with Crippen molar-refractivity contribution < 1.29 is 23.9 Å². The first-order valence-corrected chi connectivity index (χ1v) is 10.5. The Morgan fingerprint density at radius 2 is 1.91 bits per heavy atom. The van der Waals surface area contributed by atoms with E-state index in [1.54, 1.807) is 41.3 Å². The molecule has 8 nitrogen and oxygen atoms in total. The Morgan fingerprint density at radius 3 is 2.69 bits per heavy atom. The van der Waals surface area contributed by atoms with Gasteiger partial charge in [0.15, 0.2) is 0 Å². The highest BCUT2D eigenvalue weighted by atomic mass is 16.4. The van der Waals surface area contributed by atoms with Gasteiger partial charge >= 0.3 is 11.8 Å². The summed E-state index contributed by atoms with van der Waals surface area (Å²) in [6.07, 6.45) is 2.31. The minimum Gasteiger partial charge on any atom is -0.458 e. The molecule has 3 aromatic rings. The van der Waals surface area contributed by atoms with Gasteiger partial charge in [-0.1, -0.05) is 24.3 Å². The summed E-state index contributed by atoms with van der Waals surface area (Å²) < 4.78 is 5.67. The number of nitrogens with one attached hydrogen (secondary N) is 2. The normalized spacial score (nSPS) is 15.9. The van der Waals surface area contributed by atoms with E-state index in [1.165, 1.54) is 6.92 Å². The fraction of sp³-hybridized carbons (Fsp3) is 0.292. The zero-order valence-corrected chi connectivity index (χ0v) is 17.8. The number of anilines is 2. The molecule has 2 aromatic carbocycles. The van der Waals surface area contributed by atoms with Crippen molar-refractivity contribution in [2.75, 3.05) is 23.3 Å². The van der Waals surface area contributed by atoms with E-state index < -0.39 is 17.4 Å². The first kappa shape index (κ1) is 21.6. The lowest BCUT2D eigenvalue weighted by Gasteiger charge is -2.27. The topological polar surface area (TPSA) is 112 Å². The van der Waals surface area contributed by atoms with Crippen LogP contribution in [0, 0.1) is 0 Å². The maximum atomic E-state index is 12.3. The summed E-state index contributed by atoms with van der Waals surface area (Å²) in [6, 6.07) is 15.9. The number of rotatable bonds is 5. The number of aliphatic hydroxyl groups is 1. The van der Waals surface area contributed by atoms with Gasteiger partial charge in [0, 0.05) is 29.7 Å². The van der Waals surface area contributed by atoms with Crippen molar-refractivity contribution >= 4 is 40.1 Å². The summed E-state index contributed by atoms with van der Waals surface area (Å²) in [4.78, 5) is 38.5. The van der Waals surface area contributed by atoms with Crippen LogP contribution in [0.3, 0.4) is 0 Å². The second-order valence-corrected chi connectivity index (χ2v) is 8.11. The third kappa shape index (κ3) is 4.65. The first-order chi connectivity index (χ1) is 15.3. The number of amides is 3. The molecule has 1 aliphatic rings. The van der Waals surface area contributed by atoms with E-state index in [0.29, 0.717) is 35.7 Å². The van der Waals surface area contributed by atoms with Crippen LogP contribution in [0.2, 0.25) is 0 Å². The van der Waals surface area contributed by atoms with E-state index in [1.807, 2.05) is 18.2 Å². The van der Waals surface area contributed by atoms with E-state index in [-0.39, 0.29) is 12.5 Å². The number of hydrogen-bond donors (Lipinski definition) is 3. The van der Waals surface area contributed by atoms with Crippen LogP contribution in [0.5, 0.6) is 0 Å². The second-order valence-electron chi connectivity index (χ2n) is 8.11. The molecule has 3 amide bonds. The number of piperidine rings is 1. The third-order valence-corrected chi connectivity index (χ3v) is 5.49. The zero-order valence-electron chi connectivity index (χ0n) is 17.8. The molecule has 0 bridgehead atoms. The van der Waals surface area contributed by atoms with Crippen LogP contribution in [0.4, 0.5) is 11.4 Å². The molecule has 32 heavy (non-hydrogen) atoms. The lowest BCUT2D eigenvalue weighted by atomic mass is 10.0. The highest BCUT2D eigenvalue weighted by Gasteiger charge is 2.29. The Balaban J connectivity index is 1.37. The van der Waals surface area contributed by atoms with Crippen LogP contribution >= 0.6 is 0 Å². The molecular weight excluding hydrogens is 410 g/mol. The van der Waals surface area contributed by atoms with Crippen LogP contribution in [0.25, 0.3) is 11.0 Å². The van der Waals surface area contributed by atoms with Crippen LogP contribution in [0.15, 0.2) is 59.0 Å². The van der Waals surface area contributed by atoms with E-state index >= 15 is 0 Å². The van der Waals surface area contributed by atoms with Crippen LogP contribution < -0.4 is 15.5 Å². The number of carbonyl (C=O) groups is 3. The van der Waals surface area contributed by atoms with E-state index in [9.17, 15) is 19.5 Å². The lowest BCUT2D eigenvalue weighted by Crippen LogP contribution is -2.43. The van der Waals surface area contributed by atoms with Gasteiger partial charge in [0.2, 0.25) is 5.91 Å². The van der Waals surface area contributed by atoms with Crippen molar-refractivity contribution in [1.82, 2.24) is 5.32 Å².